The highest BCUT2D eigenvalue weighted by Gasteiger charge is 2.21. The summed E-state index contributed by atoms with van der Waals surface area (Å²) in [6.45, 7) is 0. The maximum Gasteiger partial charge on any atom is 0.143 e. The minimum atomic E-state index is 0.873. The number of hydrogen-bond donors (Lipinski definition) is 0. The zero-order valence-electron chi connectivity index (χ0n) is 29.8. The monoisotopic (exact) mass is 719 g/mol. The van der Waals surface area contributed by atoms with Gasteiger partial charge in [-0.15, -0.1) is 11.3 Å². The smallest absolute Gasteiger partial charge is 0.143 e. The molecule has 0 atom stereocenters. The van der Waals surface area contributed by atoms with Gasteiger partial charge in [0.2, 0.25) is 0 Å². The van der Waals surface area contributed by atoms with Crippen molar-refractivity contribution in [2.45, 2.75) is 0 Å². The summed E-state index contributed by atoms with van der Waals surface area (Å²) in [5.74, 6) is 0. The summed E-state index contributed by atoms with van der Waals surface area (Å²) in [5, 5.41) is 7.17. The van der Waals surface area contributed by atoms with Gasteiger partial charge >= 0.3 is 0 Å². The molecule has 0 fully saturated rings. The van der Waals surface area contributed by atoms with Crippen molar-refractivity contribution in [3.63, 3.8) is 0 Å². The van der Waals surface area contributed by atoms with E-state index >= 15 is 0 Å². The fourth-order valence-electron chi connectivity index (χ4n) is 8.23. The Morgan fingerprint density at radius 2 is 0.945 bits per heavy atom. The first-order chi connectivity index (χ1) is 27.3. The molecular weight excluding hydrogens is 687 g/mol. The average Bonchev–Trinajstić information content (AvgIpc) is 3.82. The normalized spacial score (nSPS) is 11.6. The van der Waals surface area contributed by atoms with E-state index in [9.17, 15) is 0 Å². The molecule has 2 aromatic heterocycles. The number of benzene rings is 9. The molecule has 2 nitrogen and oxygen atoms in total. The summed E-state index contributed by atoms with van der Waals surface area (Å²) < 4.78 is 9.51. The standard InChI is InChI=1S/C52H33NOS/c1-3-12-34(13-4-1)36-22-26-39(27-23-36)53(40-28-24-37(25-29-40)35-14-5-2-6-15-35)41-30-31-48-46(33-41)47-32-38-16-7-8-17-42(38)50(51(47)54-48)45-20-11-19-44-43-18-9-10-21-49(43)55-52(44)45/h1-33H. The van der Waals surface area contributed by atoms with Crippen molar-refractivity contribution in [2.24, 2.45) is 0 Å². The minimum absolute atomic E-state index is 0.873. The third-order valence-corrected chi connectivity index (χ3v) is 12.1. The molecule has 3 heteroatoms. The van der Waals surface area contributed by atoms with E-state index in [1.807, 2.05) is 11.3 Å². The van der Waals surface area contributed by atoms with Crippen molar-refractivity contribution in [3.05, 3.63) is 200 Å². The van der Waals surface area contributed by atoms with Crippen LogP contribution in [-0.4, -0.2) is 0 Å². The maximum absolute atomic E-state index is 6.93. The van der Waals surface area contributed by atoms with Crippen LogP contribution in [0.5, 0.6) is 0 Å². The van der Waals surface area contributed by atoms with E-state index in [1.165, 1.54) is 58.8 Å². The van der Waals surface area contributed by atoms with Crippen molar-refractivity contribution >= 4 is 81.3 Å². The summed E-state index contributed by atoms with van der Waals surface area (Å²) in [6, 6.07) is 71.9. The van der Waals surface area contributed by atoms with Crippen molar-refractivity contribution in [3.8, 4) is 33.4 Å². The fraction of sp³-hybridized carbons (Fsp3) is 0. The molecule has 11 rings (SSSR count). The van der Waals surface area contributed by atoms with Crippen molar-refractivity contribution in [1.82, 2.24) is 0 Å². The van der Waals surface area contributed by atoms with Gasteiger partial charge in [0, 0.05) is 59.1 Å². The molecule has 2 heterocycles. The van der Waals surface area contributed by atoms with E-state index in [0.29, 0.717) is 0 Å². The van der Waals surface area contributed by atoms with Crippen LogP contribution in [0, 0.1) is 0 Å². The van der Waals surface area contributed by atoms with Gasteiger partial charge < -0.3 is 9.32 Å². The molecule has 0 unspecified atom stereocenters. The molecular formula is C52H33NOS. The lowest BCUT2D eigenvalue weighted by Crippen LogP contribution is -2.09. The predicted octanol–water partition coefficient (Wildman–Crippen LogP) is 15.6. The molecule has 258 valence electrons. The second-order valence-corrected chi connectivity index (χ2v) is 15.1. The molecule has 0 aliphatic rings. The zero-order valence-corrected chi connectivity index (χ0v) is 30.6. The number of rotatable bonds is 6. The van der Waals surface area contributed by atoms with Crippen LogP contribution in [0.3, 0.4) is 0 Å². The van der Waals surface area contributed by atoms with Crippen LogP contribution in [-0.2, 0) is 0 Å². The number of nitrogens with zero attached hydrogens (tertiary/aromatic N) is 1. The summed E-state index contributed by atoms with van der Waals surface area (Å²) in [5.41, 5.74) is 12.2. The van der Waals surface area contributed by atoms with Crippen LogP contribution in [0.2, 0.25) is 0 Å². The Kier molecular flexibility index (Phi) is 7.39. The van der Waals surface area contributed by atoms with Gasteiger partial charge in [0.25, 0.3) is 0 Å². The van der Waals surface area contributed by atoms with E-state index in [-0.39, 0.29) is 0 Å². The third kappa shape index (κ3) is 5.32. The third-order valence-electron chi connectivity index (χ3n) is 10.9. The van der Waals surface area contributed by atoms with E-state index in [4.69, 9.17) is 4.42 Å². The molecule has 0 N–H and O–H groups in total. The second kappa shape index (κ2) is 12.9. The zero-order chi connectivity index (χ0) is 36.3. The Balaban J connectivity index is 1.11. The van der Waals surface area contributed by atoms with Gasteiger partial charge in [-0.2, -0.15) is 0 Å². The number of fused-ring (bicyclic) bond motifs is 7. The molecule has 0 aliphatic heterocycles. The van der Waals surface area contributed by atoms with Crippen molar-refractivity contribution in [1.29, 1.82) is 0 Å². The molecule has 9 aromatic carbocycles. The van der Waals surface area contributed by atoms with Gasteiger partial charge in [0.1, 0.15) is 11.2 Å². The minimum Gasteiger partial charge on any atom is -0.455 e. The van der Waals surface area contributed by atoms with Crippen LogP contribution in [0.1, 0.15) is 0 Å². The van der Waals surface area contributed by atoms with E-state index in [2.05, 4.69) is 205 Å². The lowest BCUT2D eigenvalue weighted by atomic mass is 9.94. The van der Waals surface area contributed by atoms with Crippen molar-refractivity contribution in [2.75, 3.05) is 4.90 Å². The molecule has 0 radical (unpaired) electrons. The predicted molar refractivity (Wildman–Crippen MR) is 235 cm³/mol. The van der Waals surface area contributed by atoms with Gasteiger partial charge in [-0.25, -0.2) is 0 Å². The molecule has 0 amide bonds. The molecule has 0 saturated heterocycles. The van der Waals surface area contributed by atoms with Crippen LogP contribution in [0.25, 0.3) is 86.3 Å². The van der Waals surface area contributed by atoms with E-state index in [0.717, 1.165) is 44.6 Å². The SMILES string of the molecule is c1ccc(-c2ccc(N(c3ccc(-c4ccccc4)cc3)c3ccc4oc5c(-c6cccc7c6sc6ccccc67)c6ccccc6cc5c4c3)cc2)cc1. The first kappa shape index (κ1) is 31.6. The largest absolute Gasteiger partial charge is 0.455 e. The Hall–Kier alpha value is -6.94. The highest BCUT2D eigenvalue weighted by atomic mass is 32.1. The summed E-state index contributed by atoms with van der Waals surface area (Å²) in [4.78, 5) is 2.35. The van der Waals surface area contributed by atoms with Gasteiger partial charge in [-0.05, 0) is 87.6 Å². The quantitative estimate of drug-likeness (QED) is 0.170. The van der Waals surface area contributed by atoms with Crippen LogP contribution < -0.4 is 4.90 Å². The number of furan rings is 1. The lowest BCUT2D eigenvalue weighted by molar-refractivity contribution is 0.670. The first-order valence-corrected chi connectivity index (χ1v) is 19.5. The molecule has 0 saturated carbocycles. The lowest BCUT2D eigenvalue weighted by Gasteiger charge is -2.26. The molecule has 11 aromatic rings. The molecule has 0 bridgehead atoms. The Morgan fingerprint density at radius 3 is 1.64 bits per heavy atom. The number of thiophene rings is 1. The van der Waals surface area contributed by atoms with Gasteiger partial charge in [-0.3, -0.25) is 0 Å². The van der Waals surface area contributed by atoms with Gasteiger partial charge in [0.05, 0.1) is 0 Å². The topological polar surface area (TPSA) is 16.4 Å². The highest BCUT2D eigenvalue weighted by molar-refractivity contribution is 7.26. The van der Waals surface area contributed by atoms with E-state index < -0.39 is 0 Å². The molecule has 0 spiro atoms. The Morgan fingerprint density at radius 1 is 0.382 bits per heavy atom. The first-order valence-electron chi connectivity index (χ1n) is 18.7. The summed E-state index contributed by atoms with van der Waals surface area (Å²) in [6.07, 6.45) is 0. The molecule has 0 aliphatic carbocycles. The maximum atomic E-state index is 6.93. The number of anilines is 3. The van der Waals surface area contributed by atoms with Crippen LogP contribution in [0.4, 0.5) is 17.1 Å². The summed E-state index contributed by atoms with van der Waals surface area (Å²) >= 11 is 1.86. The van der Waals surface area contributed by atoms with Crippen LogP contribution in [0.15, 0.2) is 205 Å². The molecule has 55 heavy (non-hydrogen) atoms. The fourth-order valence-corrected chi connectivity index (χ4v) is 9.45. The highest BCUT2D eigenvalue weighted by Crippen LogP contribution is 2.47. The number of hydrogen-bond acceptors (Lipinski definition) is 3. The van der Waals surface area contributed by atoms with Crippen LogP contribution >= 0.6 is 11.3 Å². The van der Waals surface area contributed by atoms with Gasteiger partial charge in [-0.1, -0.05) is 146 Å². The van der Waals surface area contributed by atoms with E-state index in [1.54, 1.807) is 0 Å². The van der Waals surface area contributed by atoms with Crippen molar-refractivity contribution < 1.29 is 4.42 Å². The Labute approximate surface area is 322 Å². The Bertz CT molecular complexity index is 3090. The van der Waals surface area contributed by atoms with Gasteiger partial charge in [0.15, 0.2) is 0 Å². The summed E-state index contributed by atoms with van der Waals surface area (Å²) in [7, 11) is 0. The second-order valence-electron chi connectivity index (χ2n) is 14.1. The average molecular weight is 720 g/mol.